The Balaban J connectivity index is 1.56. The summed E-state index contributed by atoms with van der Waals surface area (Å²) in [7, 11) is 0. The lowest BCUT2D eigenvalue weighted by Crippen LogP contribution is -2.49. The fourth-order valence-corrected chi connectivity index (χ4v) is 3.63. The molecule has 0 bridgehead atoms. The highest BCUT2D eigenvalue weighted by Crippen LogP contribution is 2.19. The first kappa shape index (κ1) is 19.0. The molecule has 150 valence electrons. The van der Waals surface area contributed by atoms with E-state index in [9.17, 15) is 9.59 Å². The zero-order valence-corrected chi connectivity index (χ0v) is 16.7. The molecule has 0 radical (unpaired) electrons. The predicted molar refractivity (Wildman–Crippen MR) is 112 cm³/mol. The summed E-state index contributed by atoms with van der Waals surface area (Å²) in [5.74, 6) is -0.137. The fraction of sp³-hybridized carbons (Fsp3) is 0.318. The first-order valence-electron chi connectivity index (χ1n) is 9.92. The summed E-state index contributed by atoms with van der Waals surface area (Å²) < 4.78 is 1.71. The third-order valence-corrected chi connectivity index (χ3v) is 5.06. The molecule has 1 saturated heterocycles. The molecule has 1 aromatic carbocycles. The normalized spacial score (nSPS) is 14.4. The van der Waals surface area contributed by atoms with Crippen molar-refractivity contribution >= 4 is 23.0 Å². The number of carbonyl (C=O) groups excluding carboxylic acids is 2. The van der Waals surface area contributed by atoms with E-state index in [0.717, 1.165) is 13.1 Å². The number of carbonyl (C=O) groups is 2. The van der Waals surface area contributed by atoms with Crippen molar-refractivity contribution in [3.05, 3.63) is 66.2 Å². The van der Waals surface area contributed by atoms with Crippen LogP contribution in [0.2, 0.25) is 0 Å². The fourth-order valence-electron chi connectivity index (χ4n) is 3.63. The Morgan fingerprint density at radius 2 is 1.66 bits per heavy atom. The van der Waals surface area contributed by atoms with Crippen molar-refractivity contribution in [1.29, 1.82) is 0 Å². The molecule has 4 rings (SSSR count). The van der Waals surface area contributed by atoms with Gasteiger partial charge in [0.1, 0.15) is 0 Å². The number of fused-ring (bicyclic) bond motifs is 1. The zero-order valence-electron chi connectivity index (χ0n) is 16.7. The Labute approximate surface area is 169 Å². The largest absolute Gasteiger partial charge is 0.368 e. The minimum absolute atomic E-state index is 0.00632. The maximum absolute atomic E-state index is 13.2. The van der Waals surface area contributed by atoms with Gasteiger partial charge in [0, 0.05) is 44.1 Å². The van der Waals surface area contributed by atoms with Gasteiger partial charge in [-0.25, -0.2) is 4.98 Å². The molecule has 7 heteroatoms. The van der Waals surface area contributed by atoms with Crippen LogP contribution in [0, 0.1) is 0 Å². The van der Waals surface area contributed by atoms with E-state index in [1.54, 1.807) is 10.6 Å². The lowest BCUT2D eigenvalue weighted by atomic mass is 10.2. The number of benzene rings is 1. The number of pyridine rings is 1. The van der Waals surface area contributed by atoms with E-state index >= 15 is 0 Å². The van der Waals surface area contributed by atoms with E-state index in [4.69, 9.17) is 0 Å². The van der Waals surface area contributed by atoms with Crippen molar-refractivity contribution < 1.29 is 9.59 Å². The smallest absolute Gasteiger partial charge is 0.290 e. The van der Waals surface area contributed by atoms with Crippen LogP contribution in [0.5, 0.6) is 0 Å². The van der Waals surface area contributed by atoms with Crippen LogP contribution in [-0.2, 0) is 0 Å². The molecule has 7 nitrogen and oxygen atoms in total. The Morgan fingerprint density at radius 1 is 0.966 bits per heavy atom. The quantitative estimate of drug-likeness (QED) is 0.742. The molecule has 1 fully saturated rings. The van der Waals surface area contributed by atoms with Crippen LogP contribution in [0.4, 0.5) is 5.69 Å². The van der Waals surface area contributed by atoms with Crippen LogP contribution in [0.25, 0.3) is 5.52 Å². The molecule has 0 aliphatic carbocycles. The second-order valence-corrected chi connectivity index (χ2v) is 7.48. The molecular formula is C22H25N5O2. The molecule has 1 N–H and O–H groups in total. The molecule has 29 heavy (non-hydrogen) atoms. The number of amides is 2. The number of para-hydroxylation sites is 1. The summed E-state index contributed by atoms with van der Waals surface area (Å²) in [6.45, 7) is 6.55. The van der Waals surface area contributed by atoms with Crippen LogP contribution in [0.15, 0.2) is 54.7 Å². The second kappa shape index (κ2) is 7.95. The average molecular weight is 391 g/mol. The van der Waals surface area contributed by atoms with Crippen molar-refractivity contribution in [3.8, 4) is 0 Å². The van der Waals surface area contributed by atoms with Gasteiger partial charge in [-0.3, -0.25) is 14.0 Å². The zero-order chi connectivity index (χ0) is 20.4. The molecule has 0 saturated carbocycles. The molecule has 2 aromatic heterocycles. The summed E-state index contributed by atoms with van der Waals surface area (Å²) in [5.41, 5.74) is 2.08. The van der Waals surface area contributed by atoms with Gasteiger partial charge in [-0.1, -0.05) is 24.3 Å². The third kappa shape index (κ3) is 3.81. The minimum Gasteiger partial charge on any atom is -0.368 e. The Morgan fingerprint density at radius 3 is 2.34 bits per heavy atom. The summed E-state index contributed by atoms with van der Waals surface area (Å²) in [6, 6.07) is 15.7. The molecular weight excluding hydrogens is 366 g/mol. The molecule has 1 aliphatic rings. The van der Waals surface area contributed by atoms with Gasteiger partial charge in [0.05, 0.1) is 5.52 Å². The van der Waals surface area contributed by atoms with Gasteiger partial charge in [0.2, 0.25) is 5.82 Å². The second-order valence-electron chi connectivity index (χ2n) is 7.48. The van der Waals surface area contributed by atoms with Gasteiger partial charge in [0.25, 0.3) is 11.8 Å². The molecule has 0 unspecified atom stereocenters. The molecule has 0 spiro atoms. The van der Waals surface area contributed by atoms with Gasteiger partial charge in [-0.2, -0.15) is 0 Å². The number of aromatic nitrogens is 2. The van der Waals surface area contributed by atoms with Crippen molar-refractivity contribution in [2.75, 3.05) is 31.1 Å². The van der Waals surface area contributed by atoms with Gasteiger partial charge in [0.15, 0.2) is 5.69 Å². The van der Waals surface area contributed by atoms with E-state index < -0.39 is 0 Å². The van der Waals surface area contributed by atoms with Gasteiger partial charge in [-0.05, 0) is 38.1 Å². The molecule has 3 heterocycles. The van der Waals surface area contributed by atoms with E-state index in [0.29, 0.717) is 18.6 Å². The highest BCUT2D eigenvalue weighted by Gasteiger charge is 2.28. The van der Waals surface area contributed by atoms with Crippen LogP contribution >= 0.6 is 0 Å². The molecule has 0 atom stereocenters. The number of hydrogen-bond donors (Lipinski definition) is 1. The number of nitrogens with zero attached hydrogens (tertiary/aromatic N) is 4. The van der Waals surface area contributed by atoms with Crippen molar-refractivity contribution in [2.24, 2.45) is 0 Å². The Bertz CT molecular complexity index is 1020. The van der Waals surface area contributed by atoms with Gasteiger partial charge < -0.3 is 15.1 Å². The third-order valence-electron chi connectivity index (χ3n) is 5.06. The number of anilines is 1. The highest BCUT2D eigenvalue weighted by molar-refractivity contribution is 6.02. The lowest BCUT2D eigenvalue weighted by Gasteiger charge is -2.35. The molecule has 3 aromatic rings. The van der Waals surface area contributed by atoms with Gasteiger partial charge >= 0.3 is 0 Å². The average Bonchev–Trinajstić information content (AvgIpc) is 3.13. The maximum Gasteiger partial charge on any atom is 0.290 e. The summed E-state index contributed by atoms with van der Waals surface area (Å²) in [6.07, 6.45) is 1.78. The van der Waals surface area contributed by atoms with E-state index in [2.05, 4.69) is 27.3 Å². The number of nitrogens with one attached hydrogen (secondary N) is 1. The number of imidazole rings is 1. The van der Waals surface area contributed by atoms with Crippen LogP contribution in [-0.4, -0.2) is 58.3 Å². The van der Waals surface area contributed by atoms with Crippen LogP contribution in [0.3, 0.4) is 0 Å². The first-order chi connectivity index (χ1) is 14.0. The van der Waals surface area contributed by atoms with Crippen molar-refractivity contribution in [1.82, 2.24) is 19.6 Å². The van der Waals surface area contributed by atoms with Gasteiger partial charge in [-0.15, -0.1) is 0 Å². The highest BCUT2D eigenvalue weighted by atomic mass is 16.2. The van der Waals surface area contributed by atoms with Crippen molar-refractivity contribution in [2.45, 2.75) is 19.9 Å². The van der Waals surface area contributed by atoms with Crippen LogP contribution < -0.4 is 10.2 Å². The molecule has 1 aliphatic heterocycles. The minimum atomic E-state index is -0.267. The maximum atomic E-state index is 13.2. The van der Waals surface area contributed by atoms with E-state index in [1.807, 2.05) is 55.1 Å². The Kier molecular flexibility index (Phi) is 5.20. The van der Waals surface area contributed by atoms with E-state index in [1.165, 1.54) is 5.69 Å². The number of piperazine rings is 1. The predicted octanol–water partition coefficient (Wildman–Crippen LogP) is 2.43. The van der Waals surface area contributed by atoms with E-state index in [-0.39, 0.29) is 29.4 Å². The molecule has 2 amide bonds. The SMILES string of the molecule is CC(C)NC(=O)c1nc(C(=O)N2CCN(c3ccccc3)CC2)n2ccccc12. The van der Waals surface area contributed by atoms with Crippen LogP contribution in [0.1, 0.15) is 35.0 Å². The summed E-state index contributed by atoms with van der Waals surface area (Å²) >= 11 is 0. The number of hydrogen-bond acceptors (Lipinski definition) is 4. The summed E-state index contributed by atoms with van der Waals surface area (Å²) in [5, 5.41) is 2.86. The topological polar surface area (TPSA) is 70.0 Å². The first-order valence-corrected chi connectivity index (χ1v) is 9.92. The number of rotatable bonds is 4. The van der Waals surface area contributed by atoms with Crippen molar-refractivity contribution in [3.63, 3.8) is 0 Å². The Hall–Kier alpha value is -3.35. The standard InChI is InChI=1S/C22H25N5O2/c1-16(2)23-21(28)19-18-10-6-7-11-27(18)20(24-19)22(29)26-14-12-25(13-15-26)17-8-4-3-5-9-17/h3-11,16H,12-15H2,1-2H3,(H,23,28). The summed E-state index contributed by atoms with van der Waals surface area (Å²) in [4.78, 5) is 34.3. The monoisotopic (exact) mass is 391 g/mol. The lowest BCUT2D eigenvalue weighted by molar-refractivity contribution is 0.0733.